The molecule has 396 valence electrons. The number of aromatic nitrogens is 9. The third-order valence-electron chi connectivity index (χ3n) is 16.3. The summed E-state index contributed by atoms with van der Waals surface area (Å²) in [6, 6.07) is 7.91. The van der Waals surface area contributed by atoms with Crippen molar-refractivity contribution in [3.05, 3.63) is 67.7 Å². The van der Waals surface area contributed by atoms with Gasteiger partial charge in [0.2, 0.25) is 0 Å². The Bertz CT molecular complexity index is 2630. The molecule has 19 nitrogen and oxygen atoms in total. The van der Waals surface area contributed by atoms with Crippen LogP contribution in [0, 0.1) is 0 Å². The number of hydrogen-bond donors (Lipinski definition) is 4. The van der Waals surface area contributed by atoms with Crippen molar-refractivity contribution in [3.8, 4) is 0 Å². The zero-order chi connectivity index (χ0) is 51.2. The minimum absolute atomic E-state index is 0.361. The van der Waals surface area contributed by atoms with Gasteiger partial charge in [-0.1, -0.05) is 0 Å². The molecule has 3 saturated heterocycles. The van der Waals surface area contributed by atoms with Crippen LogP contribution in [0.25, 0.3) is 16.6 Å². The minimum Gasteiger partial charge on any atom is -0.382 e. The van der Waals surface area contributed by atoms with Crippen LogP contribution in [0.5, 0.6) is 0 Å². The molecule has 3 saturated carbocycles. The lowest BCUT2D eigenvalue weighted by atomic mass is 9.83. The van der Waals surface area contributed by atoms with Crippen LogP contribution in [0.1, 0.15) is 112 Å². The van der Waals surface area contributed by atoms with Crippen LogP contribution in [-0.4, -0.2) is 186 Å². The van der Waals surface area contributed by atoms with Gasteiger partial charge in [-0.15, -0.1) is 0 Å². The molecule has 0 spiro atoms. The van der Waals surface area contributed by atoms with E-state index in [1.807, 2.05) is 19.6 Å². The second kappa shape index (κ2) is 24.9. The molecule has 73 heavy (non-hydrogen) atoms. The Morgan fingerprint density at radius 1 is 0.466 bits per heavy atom. The lowest BCUT2D eigenvalue weighted by Crippen LogP contribution is -2.49. The van der Waals surface area contributed by atoms with E-state index in [9.17, 15) is 4.79 Å². The number of rotatable bonds is 5. The van der Waals surface area contributed by atoms with Crippen molar-refractivity contribution in [2.24, 2.45) is 0 Å². The topological polar surface area (TPSA) is 214 Å². The quantitative estimate of drug-likeness (QED) is 0.145. The van der Waals surface area contributed by atoms with Crippen LogP contribution in [0.4, 0.5) is 17.5 Å². The monoisotopic (exact) mass is 1190 g/mol. The zero-order valence-electron chi connectivity index (χ0n) is 42.9. The van der Waals surface area contributed by atoms with E-state index in [0.29, 0.717) is 53.8 Å². The largest absolute Gasteiger partial charge is 0.382 e. The fourth-order valence-electron chi connectivity index (χ4n) is 11.9. The first-order valence-corrected chi connectivity index (χ1v) is 28.8. The molecule has 6 fully saturated rings. The summed E-state index contributed by atoms with van der Waals surface area (Å²) < 4.78 is 8.70. The van der Waals surface area contributed by atoms with Crippen LogP contribution in [-0.2, 0) is 4.79 Å². The molecule has 22 heteroatoms. The number of piperazine rings is 3. The summed E-state index contributed by atoms with van der Waals surface area (Å²) >= 11 is 10.7. The van der Waals surface area contributed by atoms with E-state index < -0.39 is 0 Å². The van der Waals surface area contributed by atoms with Crippen molar-refractivity contribution in [1.82, 2.24) is 73.6 Å². The van der Waals surface area contributed by atoms with Gasteiger partial charge in [0.25, 0.3) is 0 Å². The first-order valence-electron chi connectivity index (χ1n) is 26.4. The van der Waals surface area contributed by atoms with E-state index in [1.54, 1.807) is 12.7 Å². The highest BCUT2D eigenvalue weighted by Gasteiger charge is 2.32. The third kappa shape index (κ3) is 12.9. The maximum atomic E-state index is 11.3. The second-order valence-electron chi connectivity index (χ2n) is 21.0. The number of fused-ring (bicyclic) bond motifs is 3. The normalized spacial score (nSPS) is 24.4. The first kappa shape index (κ1) is 53.9. The number of anilines is 3. The van der Waals surface area contributed by atoms with Crippen molar-refractivity contribution in [3.63, 3.8) is 0 Å². The van der Waals surface area contributed by atoms with Crippen molar-refractivity contribution < 1.29 is 4.79 Å². The van der Waals surface area contributed by atoms with E-state index in [-0.39, 0.29) is 0 Å². The van der Waals surface area contributed by atoms with Crippen LogP contribution >= 0.6 is 47.8 Å². The molecule has 0 amide bonds. The number of nitrogen functional groups attached to an aromatic ring is 3. The SMILES string of the molecule is CN1CCN(C2CCC(c3cc(Br)c4c(N)ncnn34)CC2)CC1.CN1CCN(C2CCC(c3cc(Br)c4c(N)ncnn34)CC2)CC1.CN1CCNCC1.Nc1ncnn2c(C3CCC(=O)CC3)cc(Br)c12. The van der Waals surface area contributed by atoms with Gasteiger partial charge in [-0.2, -0.15) is 15.3 Å². The number of likely N-dealkylation sites (N-methyl/N-ethyl adjacent to an activating group) is 3. The lowest BCUT2D eigenvalue weighted by Gasteiger charge is -2.41. The van der Waals surface area contributed by atoms with Gasteiger partial charge in [0.15, 0.2) is 17.5 Å². The summed E-state index contributed by atoms with van der Waals surface area (Å²) in [5.41, 5.74) is 24.1. The van der Waals surface area contributed by atoms with Crippen molar-refractivity contribution in [1.29, 1.82) is 0 Å². The molecule has 7 N–H and O–H groups in total. The average Bonchev–Trinajstić information content (AvgIpc) is 4.06. The third-order valence-corrected chi connectivity index (χ3v) is 18.1. The lowest BCUT2D eigenvalue weighted by molar-refractivity contribution is -0.120. The highest BCUT2D eigenvalue weighted by atomic mass is 79.9. The van der Waals surface area contributed by atoms with Gasteiger partial charge in [-0.25, -0.2) is 28.5 Å². The molecule has 0 bridgehead atoms. The number of nitrogens with two attached hydrogens (primary N) is 3. The fourth-order valence-corrected chi connectivity index (χ4v) is 13.7. The number of carbonyl (C=O) groups is 1. The van der Waals surface area contributed by atoms with Crippen molar-refractivity contribution in [2.75, 3.05) is 117 Å². The van der Waals surface area contributed by atoms with Gasteiger partial charge >= 0.3 is 0 Å². The highest BCUT2D eigenvalue weighted by Crippen LogP contribution is 2.41. The standard InChI is InChI=1S/2C17H25BrN6.C12H13BrN4O.C5H12N2/c2*1-22-6-8-23(9-7-22)13-4-2-12(3-5-13)15-10-14(18)16-17(19)20-11-21-24(15)16;13-9-5-10(7-1-3-8(18)4-2-7)17-11(9)12(14)15-6-16-17;1-7-4-2-6-3-5-7/h2*10-13H,2-9H2,1H3,(H2,19,20,21);5-7H,1-4H2,(H2,14,15,16);6H,2-5H2,1H3. The van der Waals surface area contributed by atoms with Gasteiger partial charge in [0.1, 0.15) is 41.3 Å². The second-order valence-corrected chi connectivity index (χ2v) is 23.6. The maximum absolute atomic E-state index is 11.3. The first-order chi connectivity index (χ1) is 35.3. The number of nitrogens with one attached hydrogen (secondary N) is 1. The van der Waals surface area contributed by atoms with Crippen LogP contribution in [0.2, 0.25) is 0 Å². The molecule has 0 aromatic carbocycles. The Morgan fingerprint density at radius 2 is 0.781 bits per heavy atom. The molecule has 6 aliphatic rings. The van der Waals surface area contributed by atoms with E-state index >= 15 is 0 Å². The van der Waals surface area contributed by atoms with Gasteiger partial charge in [-0.05, 0) is 151 Å². The Kier molecular flexibility index (Phi) is 18.4. The van der Waals surface area contributed by atoms with Gasteiger partial charge in [0.05, 0.1) is 0 Å². The fraction of sp³-hybridized carbons (Fsp3) is 0.627. The van der Waals surface area contributed by atoms with E-state index in [4.69, 9.17) is 17.2 Å². The van der Waals surface area contributed by atoms with Gasteiger partial charge in [0, 0.05) is 152 Å². The minimum atomic E-state index is 0.361. The van der Waals surface area contributed by atoms with Gasteiger partial charge in [-0.3, -0.25) is 14.6 Å². The van der Waals surface area contributed by atoms with Crippen molar-refractivity contribution in [2.45, 2.75) is 107 Å². The number of hydrogen-bond acceptors (Lipinski definition) is 16. The number of halogens is 3. The van der Waals surface area contributed by atoms with E-state index in [1.165, 1.54) is 135 Å². The maximum Gasteiger partial charge on any atom is 0.152 e. The molecule has 6 aromatic rings. The Morgan fingerprint density at radius 3 is 1.10 bits per heavy atom. The molecule has 0 atom stereocenters. The molecule has 3 aliphatic heterocycles. The van der Waals surface area contributed by atoms with Crippen LogP contribution in [0.3, 0.4) is 0 Å². The summed E-state index contributed by atoms with van der Waals surface area (Å²) in [6.45, 7) is 14.4. The number of nitrogens with zero attached hydrogens (tertiary/aromatic N) is 14. The Labute approximate surface area is 454 Å². The Balaban J connectivity index is 0.000000127. The van der Waals surface area contributed by atoms with E-state index in [2.05, 4.69) is 141 Å². The molecular weight excluding hydrogens is 1120 g/mol. The summed E-state index contributed by atoms with van der Waals surface area (Å²) in [4.78, 5) is 36.1. The zero-order valence-corrected chi connectivity index (χ0v) is 47.6. The molecule has 9 heterocycles. The number of ketones is 1. The van der Waals surface area contributed by atoms with Crippen molar-refractivity contribution >= 4 is 87.6 Å². The van der Waals surface area contributed by atoms with Crippen LogP contribution in [0.15, 0.2) is 50.6 Å². The van der Waals surface area contributed by atoms with Crippen LogP contribution < -0.4 is 22.5 Å². The van der Waals surface area contributed by atoms with Gasteiger partial charge < -0.3 is 37.2 Å². The predicted molar refractivity (Wildman–Crippen MR) is 300 cm³/mol. The molecule has 0 unspecified atom stereocenters. The smallest absolute Gasteiger partial charge is 0.152 e. The molecule has 12 rings (SSSR count). The molecule has 0 radical (unpaired) electrons. The average molecular weight is 1200 g/mol. The summed E-state index contributed by atoms with van der Waals surface area (Å²) in [5.74, 6) is 3.39. The predicted octanol–water partition coefficient (Wildman–Crippen LogP) is 6.52. The summed E-state index contributed by atoms with van der Waals surface area (Å²) in [6.07, 6.45) is 17.7. The molecular formula is C51H75Br3N18O. The molecule has 3 aliphatic carbocycles. The number of Topliss-reactive ketones (excluding diaryl/α,β-unsaturated/α-hetero) is 1. The summed E-state index contributed by atoms with van der Waals surface area (Å²) in [7, 11) is 6.59. The van der Waals surface area contributed by atoms with E-state index in [0.717, 1.165) is 73.7 Å². The highest BCUT2D eigenvalue weighted by molar-refractivity contribution is 9.11. The Hall–Kier alpha value is -3.87. The summed E-state index contributed by atoms with van der Waals surface area (Å²) in [5, 5.41) is 16.4. The molecule has 6 aromatic heterocycles. The number of carbonyl (C=O) groups excluding carboxylic acids is 1.